The number of hydrogen-bond donors (Lipinski definition) is 0. The summed E-state index contributed by atoms with van der Waals surface area (Å²) in [5.41, 5.74) is 1.88. The van der Waals surface area contributed by atoms with Crippen molar-refractivity contribution in [3.05, 3.63) is 49.2 Å². The summed E-state index contributed by atoms with van der Waals surface area (Å²) in [6.07, 6.45) is 9.10. The lowest BCUT2D eigenvalue weighted by Gasteiger charge is -1.99. The van der Waals surface area contributed by atoms with Gasteiger partial charge in [-0.15, -0.1) is 0 Å². The predicted molar refractivity (Wildman–Crippen MR) is 56.2 cm³/mol. The van der Waals surface area contributed by atoms with Crippen molar-refractivity contribution >= 4 is 5.65 Å². The number of nitrogens with zero attached hydrogens (tertiary/aromatic N) is 4. The third kappa shape index (κ3) is 1.36. The summed E-state index contributed by atoms with van der Waals surface area (Å²) < 4.78 is 1.95. The van der Waals surface area contributed by atoms with E-state index < -0.39 is 0 Å². The van der Waals surface area contributed by atoms with Gasteiger partial charge in [0.1, 0.15) is 5.65 Å². The van der Waals surface area contributed by atoms with E-state index in [0.717, 1.165) is 17.0 Å². The predicted octanol–water partition coefficient (Wildman–Crippen LogP) is 1.79. The topological polar surface area (TPSA) is 43.1 Å². The molecule has 3 aromatic rings. The zero-order chi connectivity index (χ0) is 10.1. The Morgan fingerprint density at radius 1 is 0.933 bits per heavy atom. The highest BCUT2D eigenvalue weighted by molar-refractivity contribution is 5.60. The molecule has 72 valence electrons. The van der Waals surface area contributed by atoms with Crippen molar-refractivity contribution in [2.75, 3.05) is 0 Å². The first-order valence-electron chi connectivity index (χ1n) is 4.63. The normalized spacial score (nSPS) is 10.7. The fourth-order valence-electron chi connectivity index (χ4n) is 1.50. The van der Waals surface area contributed by atoms with E-state index in [-0.39, 0.29) is 0 Å². The number of fused-ring (bicyclic) bond motifs is 1. The summed E-state index contributed by atoms with van der Waals surface area (Å²) in [5, 5.41) is 0. The standard InChI is InChI=1S/C11H8N4/c1-3-13-11(14-4-1)9-2-6-15-7-5-12-10(15)8-9/h1-8H. The summed E-state index contributed by atoms with van der Waals surface area (Å²) in [5.74, 6) is 0.725. The lowest BCUT2D eigenvalue weighted by molar-refractivity contribution is 1.15. The molecule has 0 aliphatic carbocycles. The minimum atomic E-state index is 0.725. The highest BCUT2D eigenvalue weighted by atomic mass is 15.0. The molecular weight excluding hydrogens is 188 g/mol. The molecule has 0 amide bonds. The smallest absolute Gasteiger partial charge is 0.159 e. The number of pyridine rings is 1. The molecule has 0 saturated heterocycles. The van der Waals surface area contributed by atoms with Crippen LogP contribution in [0.1, 0.15) is 0 Å². The van der Waals surface area contributed by atoms with Crippen LogP contribution < -0.4 is 0 Å². The van der Waals surface area contributed by atoms with Gasteiger partial charge in [-0.25, -0.2) is 15.0 Å². The molecule has 3 aromatic heterocycles. The average molecular weight is 196 g/mol. The van der Waals surface area contributed by atoms with Gasteiger partial charge in [-0.3, -0.25) is 0 Å². The Hall–Kier alpha value is -2.23. The highest BCUT2D eigenvalue weighted by Gasteiger charge is 2.01. The SMILES string of the molecule is c1cnc(-c2ccn3ccnc3c2)nc1. The lowest BCUT2D eigenvalue weighted by atomic mass is 10.2. The average Bonchev–Trinajstić information content (AvgIpc) is 2.77. The van der Waals surface area contributed by atoms with Gasteiger partial charge in [0.2, 0.25) is 0 Å². The van der Waals surface area contributed by atoms with Gasteiger partial charge in [-0.05, 0) is 18.2 Å². The molecule has 0 bridgehead atoms. The molecule has 4 nitrogen and oxygen atoms in total. The first-order valence-corrected chi connectivity index (χ1v) is 4.63. The van der Waals surface area contributed by atoms with Crippen LogP contribution in [0.2, 0.25) is 0 Å². The van der Waals surface area contributed by atoms with E-state index in [2.05, 4.69) is 15.0 Å². The van der Waals surface area contributed by atoms with Crippen LogP contribution in [0.25, 0.3) is 17.0 Å². The van der Waals surface area contributed by atoms with Crippen LogP contribution in [0.3, 0.4) is 0 Å². The van der Waals surface area contributed by atoms with E-state index in [9.17, 15) is 0 Å². The van der Waals surface area contributed by atoms with Crippen LogP contribution in [-0.4, -0.2) is 19.4 Å². The van der Waals surface area contributed by atoms with E-state index in [4.69, 9.17) is 0 Å². The Balaban J connectivity index is 2.19. The van der Waals surface area contributed by atoms with Crippen molar-refractivity contribution in [1.29, 1.82) is 0 Å². The second kappa shape index (κ2) is 3.16. The molecule has 3 rings (SSSR count). The first kappa shape index (κ1) is 8.11. The van der Waals surface area contributed by atoms with Crippen molar-refractivity contribution in [2.24, 2.45) is 0 Å². The second-order valence-electron chi connectivity index (χ2n) is 3.18. The Morgan fingerprint density at radius 2 is 1.80 bits per heavy atom. The van der Waals surface area contributed by atoms with Gasteiger partial charge in [0, 0.05) is 36.5 Å². The van der Waals surface area contributed by atoms with Gasteiger partial charge in [0.25, 0.3) is 0 Å². The van der Waals surface area contributed by atoms with Gasteiger partial charge in [-0.2, -0.15) is 0 Å². The Kier molecular flexibility index (Phi) is 1.71. The molecule has 3 heterocycles. The first-order chi connectivity index (χ1) is 7.43. The summed E-state index contributed by atoms with van der Waals surface area (Å²) in [4.78, 5) is 12.6. The summed E-state index contributed by atoms with van der Waals surface area (Å²) in [7, 11) is 0. The molecule has 0 spiro atoms. The molecule has 0 radical (unpaired) electrons. The van der Waals surface area contributed by atoms with E-state index in [1.165, 1.54) is 0 Å². The van der Waals surface area contributed by atoms with Crippen LogP contribution in [0, 0.1) is 0 Å². The lowest BCUT2D eigenvalue weighted by Crippen LogP contribution is -1.89. The highest BCUT2D eigenvalue weighted by Crippen LogP contribution is 2.15. The Labute approximate surface area is 86.3 Å². The number of imidazole rings is 1. The minimum Gasteiger partial charge on any atom is -0.307 e. The van der Waals surface area contributed by atoms with E-state index >= 15 is 0 Å². The Bertz CT molecular complexity index is 586. The number of hydrogen-bond acceptors (Lipinski definition) is 3. The van der Waals surface area contributed by atoms with Crippen molar-refractivity contribution in [1.82, 2.24) is 19.4 Å². The second-order valence-corrected chi connectivity index (χ2v) is 3.18. The summed E-state index contributed by atoms with van der Waals surface area (Å²) in [6.45, 7) is 0. The summed E-state index contributed by atoms with van der Waals surface area (Å²) >= 11 is 0. The van der Waals surface area contributed by atoms with Crippen LogP contribution in [0.5, 0.6) is 0 Å². The zero-order valence-electron chi connectivity index (χ0n) is 7.91. The monoisotopic (exact) mass is 196 g/mol. The molecule has 0 unspecified atom stereocenters. The van der Waals surface area contributed by atoms with Gasteiger partial charge < -0.3 is 4.40 Å². The quantitative estimate of drug-likeness (QED) is 0.596. The Morgan fingerprint density at radius 3 is 2.67 bits per heavy atom. The fraction of sp³-hybridized carbons (Fsp3) is 0. The fourth-order valence-corrected chi connectivity index (χ4v) is 1.50. The minimum absolute atomic E-state index is 0.725. The molecule has 0 atom stereocenters. The van der Waals surface area contributed by atoms with Crippen molar-refractivity contribution < 1.29 is 0 Å². The third-order valence-electron chi connectivity index (χ3n) is 2.22. The maximum absolute atomic E-state index is 4.21. The molecule has 0 aliphatic rings. The van der Waals surface area contributed by atoms with Gasteiger partial charge in [-0.1, -0.05) is 0 Å². The van der Waals surface area contributed by atoms with Crippen LogP contribution in [-0.2, 0) is 0 Å². The van der Waals surface area contributed by atoms with Crippen LogP contribution in [0.4, 0.5) is 0 Å². The van der Waals surface area contributed by atoms with E-state index in [1.54, 1.807) is 24.7 Å². The maximum Gasteiger partial charge on any atom is 0.159 e. The number of rotatable bonds is 1. The van der Waals surface area contributed by atoms with Gasteiger partial charge >= 0.3 is 0 Å². The van der Waals surface area contributed by atoms with E-state index in [1.807, 2.05) is 28.9 Å². The molecular formula is C11H8N4. The molecule has 0 aromatic carbocycles. The van der Waals surface area contributed by atoms with Crippen molar-refractivity contribution in [3.8, 4) is 11.4 Å². The molecule has 4 heteroatoms. The van der Waals surface area contributed by atoms with Gasteiger partial charge in [0.15, 0.2) is 5.82 Å². The molecule has 0 aliphatic heterocycles. The zero-order valence-corrected chi connectivity index (χ0v) is 7.91. The molecule has 0 N–H and O–H groups in total. The molecule has 0 saturated carbocycles. The van der Waals surface area contributed by atoms with Crippen LogP contribution >= 0.6 is 0 Å². The molecule has 0 fully saturated rings. The number of aromatic nitrogens is 4. The van der Waals surface area contributed by atoms with Crippen molar-refractivity contribution in [3.63, 3.8) is 0 Å². The molecule has 15 heavy (non-hydrogen) atoms. The largest absolute Gasteiger partial charge is 0.307 e. The van der Waals surface area contributed by atoms with Gasteiger partial charge in [0.05, 0.1) is 0 Å². The van der Waals surface area contributed by atoms with Crippen molar-refractivity contribution in [2.45, 2.75) is 0 Å². The van der Waals surface area contributed by atoms with E-state index in [0.29, 0.717) is 0 Å². The maximum atomic E-state index is 4.21. The third-order valence-corrected chi connectivity index (χ3v) is 2.22. The van der Waals surface area contributed by atoms with Crippen LogP contribution in [0.15, 0.2) is 49.2 Å². The summed E-state index contributed by atoms with van der Waals surface area (Å²) in [6, 6.07) is 5.75.